The standard InChI is InChI=1S/C17H16BrClN2/c18-10-3-1-9(2-4-10)16-12-6-8-14(20)11-5-7-13(19)17(21-16)15(11)12/h1,3,5,7,14,21H,2,4,6,8,20H2. The Labute approximate surface area is 137 Å². The first kappa shape index (κ1) is 13.6. The van der Waals surface area contributed by atoms with Gasteiger partial charge in [-0.25, -0.2) is 0 Å². The lowest BCUT2D eigenvalue weighted by Crippen LogP contribution is -2.16. The van der Waals surface area contributed by atoms with E-state index in [9.17, 15) is 0 Å². The number of hydrogen-bond acceptors (Lipinski definition) is 1. The first-order chi connectivity index (χ1) is 10.1. The molecule has 1 atom stereocenters. The molecule has 4 rings (SSSR count). The predicted molar refractivity (Wildman–Crippen MR) is 92.8 cm³/mol. The summed E-state index contributed by atoms with van der Waals surface area (Å²) in [5.74, 6) is 0. The smallest absolute Gasteiger partial charge is 0.0654 e. The third kappa shape index (κ3) is 2.10. The van der Waals surface area contributed by atoms with Gasteiger partial charge in [0.1, 0.15) is 0 Å². The highest BCUT2D eigenvalue weighted by Gasteiger charge is 2.25. The van der Waals surface area contributed by atoms with E-state index in [4.69, 9.17) is 17.3 Å². The lowest BCUT2D eigenvalue weighted by molar-refractivity contribution is 0.643. The highest BCUT2D eigenvalue weighted by molar-refractivity contribution is 9.11. The number of benzene rings is 1. The van der Waals surface area contributed by atoms with Crippen molar-refractivity contribution in [3.8, 4) is 0 Å². The number of H-pyrrole nitrogens is 1. The lowest BCUT2D eigenvalue weighted by atomic mass is 9.86. The summed E-state index contributed by atoms with van der Waals surface area (Å²) in [6, 6.07) is 4.16. The SMILES string of the molecule is NC1CCc2c(C3=CC=C(Br)CC3)[nH]c3c(Cl)ccc1c23. The van der Waals surface area contributed by atoms with Crippen LogP contribution in [0.3, 0.4) is 0 Å². The van der Waals surface area contributed by atoms with E-state index in [0.29, 0.717) is 0 Å². The predicted octanol–water partition coefficient (Wildman–Crippen LogP) is 5.22. The van der Waals surface area contributed by atoms with Gasteiger partial charge in [-0.2, -0.15) is 0 Å². The van der Waals surface area contributed by atoms with Crippen molar-refractivity contribution in [3.05, 3.63) is 50.6 Å². The molecule has 1 unspecified atom stereocenters. The fourth-order valence-electron chi connectivity index (χ4n) is 3.47. The fraction of sp³-hybridized carbons (Fsp3) is 0.294. The number of nitrogens with one attached hydrogen (secondary N) is 1. The van der Waals surface area contributed by atoms with Crippen molar-refractivity contribution in [1.82, 2.24) is 4.98 Å². The van der Waals surface area contributed by atoms with Gasteiger partial charge in [-0.05, 0) is 52.9 Å². The van der Waals surface area contributed by atoms with Crippen molar-refractivity contribution in [3.63, 3.8) is 0 Å². The van der Waals surface area contributed by atoms with Crippen LogP contribution in [0.2, 0.25) is 5.02 Å². The third-order valence-electron chi connectivity index (χ3n) is 4.56. The van der Waals surface area contributed by atoms with Crippen molar-refractivity contribution in [2.75, 3.05) is 0 Å². The maximum Gasteiger partial charge on any atom is 0.0654 e. The Kier molecular flexibility index (Phi) is 3.25. The molecule has 1 aromatic carbocycles. The van der Waals surface area contributed by atoms with Crippen LogP contribution in [-0.2, 0) is 6.42 Å². The zero-order valence-corrected chi connectivity index (χ0v) is 13.9. The van der Waals surface area contributed by atoms with Crippen molar-refractivity contribution in [1.29, 1.82) is 0 Å². The molecule has 2 nitrogen and oxygen atoms in total. The number of allylic oxidation sites excluding steroid dienone is 4. The number of rotatable bonds is 1. The lowest BCUT2D eigenvalue weighted by Gasteiger charge is -2.21. The number of aryl methyl sites for hydroxylation is 1. The van der Waals surface area contributed by atoms with Crippen LogP contribution in [0.15, 0.2) is 28.8 Å². The highest BCUT2D eigenvalue weighted by atomic mass is 79.9. The van der Waals surface area contributed by atoms with Gasteiger partial charge in [0, 0.05) is 17.1 Å². The van der Waals surface area contributed by atoms with Crippen LogP contribution >= 0.6 is 27.5 Å². The molecule has 108 valence electrons. The van der Waals surface area contributed by atoms with Crippen molar-refractivity contribution in [2.24, 2.45) is 5.73 Å². The van der Waals surface area contributed by atoms with E-state index < -0.39 is 0 Å². The summed E-state index contributed by atoms with van der Waals surface area (Å²) >= 11 is 9.96. The Morgan fingerprint density at radius 2 is 2.05 bits per heavy atom. The van der Waals surface area contributed by atoms with Crippen LogP contribution in [0, 0.1) is 0 Å². The van der Waals surface area contributed by atoms with Crippen LogP contribution in [0.25, 0.3) is 16.5 Å². The fourth-order valence-corrected chi connectivity index (χ4v) is 4.01. The second-order valence-corrected chi connectivity index (χ2v) is 7.24. The molecule has 0 bridgehead atoms. The van der Waals surface area contributed by atoms with Crippen LogP contribution in [0.1, 0.15) is 42.1 Å². The first-order valence-electron chi connectivity index (χ1n) is 7.29. The molecule has 3 N–H and O–H groups in total. The summed E-state index contributed by atoms with van der Waals surface area (Å²) in [4.78, 5) is 3.57. The van der Waals surface area contributed by atoms with Crippen molar-refractivity contribution >= 4 is 44.0 Å². The Bertz CT molecular complexity index is 801. The number of hydrogen-bond donors (Lipinski definition) is 2. The first-order valence-corrected chi connectivity index (χ1v) is 8.46. The van der Waals surface area contributed by atoms with Crippen molar-refractivity contribution < 1.29 is 0 Å². The third-order valence-corrected chi connectivity index (χ3v) is 5.54. The van der Waals surface area contributed by atoms with Crippen LogP contribution in [-0.4, -0.2) is 4.98 Å². The second-order valence-electron chi connectivity index (χ2n) is 5.82. The number of halogens is 2. The molecular formula is C17H16BrClN2. The molecule has 0 aliphatic heterocycles. The normalized spacial score (nSPS) is 21.4. The number of aromatic amines is 1. The average Bonchev–Trinajstić information content (AvgIpc) is 2.87. The molecule has 21 heavy (non-hydrogen) atoms. The Morgan fingerprint density at radius 3 is 2.81 bits per heavy atom. The summed E-state index contributed by atoms with van der Waals surface area (Å²) in [7, 11) is 0. The van der Waals surface area contributed by atoms with E-state index in [-0.39, 0.29) is 6.04 Å². The molecule has 2 aliphatic rings. The molecule has 0 amide bonds. The minimum atomic E-state index is 0.121. The van der Waals surface area contributed by atoms with Crippen LogP contribution in [0.5, 0.6) is 0 Å². The van der Waals surface area contributed by atoms with Gasteiger partial charge in [0.05, 0.1) is 10.5 Å². The summed E-state index contributed by atoms with van der Waals surface area (Å²) in [5, 5.41) is 2.04. The van der Waals surface area contributed by atoms with Gasteiger partial charge in [0.25, 0.3) is 0 Å². The molecule has 0 spiro atoms. The van der Waals surface area contributed by atoms with Crippen molar-refractivity contribution in [2.45, 2.75) is 31.7 Å². The van der Waals surface area contributed by atoms with E-state index >= 15 is 0 Å². The quantitative estimate of drug-likeness (QED) is 0.716. The van der Waals surface area contributed by atoms with Gasteiger partial charge < -0.3 is 10.7 Å². The zero-order chi connectivity index (χ0) is 14.6. The zero-order valence-electron chi connectivity index (χ0n) is 11.5. The molecule has 0 radical (unpaired) electrons. The van der Waals surface area contributed by atoms with E-state index in [1.165, 1.54) is 32.3 Å². The highest BCUT2D eigenvalue weighted by Crippen LogP contribution is 2.42. The Morgan fingerprint density at radius 1 is 1.19 bits per heavy atom. The van der Waals surface area contributed by atoms with E-state index in [1.54, 1.807) is 0 Å². The Hall–Kier alpha value is -1.03. The van der Waals surface area contributed by atoms with Crippen LogP contribution < -0.4 is 5.73 Å². The molecule has 0 fully saturated rings. The van der Waals surface area contributed by atoms with Gasteiger partial charge in [-0.1, -0.05) is 45.7 Å². The monoisotopic (exact) mass is 362 g/mol. The second kappa shape index (κ2) is 5.01. The van der Waals surface area contributed by atoms with Gasteiger partial charge >= 0.3 is 0 Å². The maximum atomic E-state index is 6.39. The molecule has 1 aromatic heterocycles. The topological polar surface area (TPSA) is 41.8 Å². The largest absolute Gasteiger partial charge is 0.353 e. The molecular weight excluding hydrogens is 348 g/mol. The van der Waals surface area contributed by atoms with Crippen LogP contribution in [0.4, 0.5) is 0 Å². The summed E-state index contributed by atoms with van der Waals surface area (Å²) in [5.41, 5.74) is 12.6. The average molecular weight is 364 g/mol. The van der Waals surface area contributed by atoms with Gasteiger partial charge in [0.2, 0.25) is 0 Å². The maximum absolute atomic E-state index is 6.39. The van der Waals surface area contributed by atoms with E-state index in [0.717, 1.165) is 36.2 Å². The molecule has 2 aliphatic carbocycles. The van der Waals surface area contributed by atoms with E-state index in [2.05, 4.69) is 39.1 Å². The summed E-state index contributed by atoms with van der Waals surface area (Å²) in [6.45, 7) is 0. The van der Waals surface area contributed by atoms with Gasteiger partial charge in [0.15, 0.2) is 0 Å². The number of aromatic nitrogens is 1. The van der Waals surface area contributed by atoms with Gasteiger partial charge in [-0.15, -0.1) is 0 Å². The van der Waals surface area contributed by atoms with Gasteiger partial charge in [-0.3, -0.25) is 0 Å². The molecule has 1 heterocycles. The number of nitrogens with two attached hydrogens (primary N) is 1. The Balaban J connectivity index is 1.99. The molecule has 0 saturated carbocycles. The molecule has 2 aromatic rings. The summed E-state index contributed by atoms with van der Waals surface area (Å²) < 4.78 is 1.26. The van der Waals surface area contributed by atoms with E-state index in [1.807, 2.05) is 6.07 Å². The molecule has 0 saturated heterocycles. The minimum absolute atomic E-state index is 0.121. The molecule has 4 heteroatoms. The summed E-state index contributed by atoms with van der Waals surface area (Å²) in [6.07, 6.45) is 8.48. The minimum Gasteiger partial charge on any atom is -0.353 e.